The Kier molecular flexibility index (Phi) is 3.11. The van der Waals surface area contributed by atoms with Crippen LogP contribution in [0, 0.1) is 0 Å². The van der Waals surface area contributed by atoms with Crippen molar-refractivity contribution in [1.82, 2.24) is 15.0 Å². The zero-order valence-corrected chi connectivity index (χ0v) is 11.8. The van der Waals surface area contributed by atoms with E-state index in [9.17, 15) is 0 Å². The summed E-state index contributed by atoms with van der Waals surface area (Å²) in [6, 6.07) is 0. The van der Waals surface area contributed by atoms with Gasteiger partial charge in [-0.15, -0.1) is 0 Å². The molecule has 0 atom stereocenters. The molecule has 1 aliphatic rings. The average molecular weight is 263 g/mol. The lowest BCUT2D eigenvalue weighted by Gasteiger charge is -1.93. The molecule has 2 heterocycles. The number of nitrogens with zero attached hydrogens (tertiary/aromatic N) is 2. The Morgan fingerprint density at radius 1 is 1.25 bits per heavy atom. The summed E-state index contributed by atoms with van der Waals surface area (Å²) in [6.45, 7) is 7.96. The summed E-state index contributed by atoms with van der Waals surface area (Å²) in [5.74, 6) is 0. The first kappa shape index (κ1) is 12.6. The molecular formula is C17H17N3. The molecule has 0 aromatic carbocycles. The van der Waals surface area contributed by atoms with Gasteiger partial charge in [0.2, 0.25) is 0 Å². The molecule has 2 aromatic heterocycles. The number of nitrogens with one attached hydrogen (secondary N) is 1. The monoisotopic (exact) mass is 263 g/mol. The van der Waals surface area contributed by atoms with Crippen molar-refractivity contribution in [3.8, 4) is 0 Å². The molecule has 3 heteroatoms. The van der Waals surface area contributed by atoms with Crippen LogP contribution in [0.2, 0.25) is 0 Å². The van der Waals surface area contributed by atoms with E-state index in [-0.39, 0.29) is 0 Å². The maximum absolute atomic E-state index is 4.77. The minimum atomic E-state index is 0.816. The second-order valence-electron chi connectivity index (χ2n) is 4.94. The van der Waals surface area contributed by atoms with Crippen molar-refractivity contribution >= 4 is 35.5 Å². The highest BCUT2D eigenvalue weighted by molar-refractivity contribution is 5.87. The zero-order chi connectivity index (χ0) is 14.1. The van der Waals surface area contributed by atoms with Gasteiger partial charge in [-0.3, -0.25) is 0 Å². The third-order valence-corrected chi connectivity index (χ3v) is 3.43. The summed E-state index contributed by atoms with van der Waals surface area (Å²) in [5.41, 5.74) is 5.04. The lowest BCUT2D eigenvalue weighted by Crippen LogP contribution is -2.30. The van der Waals surface area contributed by atoms with E-state index in [4.69, 9.17) is 9.97 Å². The molecule has 0 saturated heterocycles. The maximum atomic E-state index is 4.77. The molecule has 20 heavy (non-hydrogen) atoms. The smallest absolute Gasteiger partial charge is 0.157 e. The normalized spacial score (nSPS) is 14.4. The van der Waals surface area contributed by atoms with Crippen molar-refractivity contribution < 1.29 is 0 Å². The lowest BCUT2D eigenvalue weighted by atomic mass is 10.2. The van der Waals surface area contributed by atoms with Crippen LogP contribution < -0.4 is 10.7 Å². The van der Waals surface area contributed by atoms with E-state index in [1.165, 1.54) is 5.57 Å². The van der Waals surface area contributed by atoms with E-state index in [0.717, 1.165) is 39.5 Å². The van der Waals surface area contributed by atoms with E-state index in [0.29, 0.717) is 0 Å². The Labute approximate surface area is 117 Å². The number of rotatable bonds is 2. The van der Waals surface area contributed by atoms with E-state index < -0.39 is 0 Å². The molecule has 2 aromatic rings. The van der Waals surface area contributed by atoms with E-state index >= 15 is 0 Å². The summed E-state index contributed by atoms with van der Waals surface area (Å²) >= 11 is 0. The quantitative estimate of drug-likeness (QED) is 0.904. The number of allylic oxidation sites excluding steroid dienone is 3. The standard InChI is InChI=1S/C17H17N3/c1-4-6-12-13(5-2)19-17-16(12)18-14-9-7-11(3)8-10-15(14)20-17/h4-7,9-10H,2,8H2,1,3H3,(H,19,20)/b6-4-. The second kappa shape index (κ2) is 4.93. The fraction of sp³-hybridized carbons (Fsp3) is 0.176. The maximum Gasteiger partial charge on any atom is 0.157 e. The van der Waals surface area contributed by atoms with E-state index in [2.05, 4.69) is 30.6 Å². The van der Waals surface area contributed by atoms with Crippen molar-refractivity contribution in [3.63, 3.8) is 0 Å². The molecule has 3 nitrogen and oxygen atoms in total. The van der Waals surface area contributed by atoms with Crippen molar-refractivity contribution in [2.45, 2.75) is 20.3 Å². The number of hydrogen-bond donors (Lipinski definition) is 1. The Morgan fingerprint density at radius 2 is 2.10 bits per heavy atom. The van der Waals surface area contributed by atoms with E-state index in [1.54, 1.807) is 6.08 Å². The van der Waals surface area contributed by atoms with Crippen molar-refractivity contribution in [1.29, 1.82) is 0 Å². The average Bonchev–Trinajstić information content (AvgIpc) is 2.68. The molecule has 0 saturated carbocycles. The topological polar surface area (TPSA) is 41.6 Å². The van der Waals surface area contributed by atoms with Crippen LogP contribution in [0.1, 0.15) is 31.5 Å². The molecule has 1 N–H and O–H groups in total. The summed E-state index contributed by atoms with van der Waals surface area (Å²) in [7, 11) is 0. The molecule has 1 aliphatic carbocycles. The Morgan fingerprint density at radius 3 is 2.85 bits per heavy atom. The highest BCUT2D eigenvalue weighted by Crippen LogP contribution is 2.20. The van der Waals surface area contributed by atoms with Crippen molar-refractivity contribution in [2.75, 3.05) is 0 Å². The Balaban J connectivity index is 2.40. The summed E-state index contributed by atoms with van der Waals surface area (Å²) < 4.78 is 0. The molecule has 0 amide bonds. The van der Waals surface area contributed by atoms with Crippen LogP contribution in [0.15, 0.2) is 24.3 Å². The zero-order valence-electron chi connectivity index (χ0n) is 11.8. The van der Waals surface area contributed by atoms with Crippen molar-refractivity contribution in [2.24, 2.45) is 0 Å². The van der Waals surface area contributed by atoms with Crippen LogP contribution in [0.5, 0.6) is 0 Å². The van der Waals surface area contributed by atoms with Gasteiger partial charge in [0, 0.05) is 11.3 Å². The number of fused-ring (bicyclic) bond motifs is 2. The minimum absolute atomic E-state index is 0.816. The van der Waals surface area contributed by atoms with Crippen LogP contribution >= 0.6 is 0 Å². The second-order valence-corrected chi connectivity index (χ2v) is 4.94. The van der Waals surface area contributed by atoms with Gasteiger partial charge in [0.05, 0.1) is 10.7 Å². The van der Waals surface area contributed by atoms with E-state index in [1.807, 2.05) is 25.2 Å². The summed E-state index contributed by atoms with van der Waals surface area (Å²) in [6.07, 6.45) is 13.0. The van der Waals surface area contributed by atoms with Gasteiger partial charge in [-0.1, -0.05) is 36.5 Å². The Hall–Kier alpha value is -2.42. The fourth-order valence-electron chi connectivity index (χ4n) is 2.37. The first-order valence-electron chi connectivity index (χ1n) is 6.75. The van der Waals surface area contributed by atoms with Gasteiger partial charge < -0.3 is 4.98 Å². The highest BCUT2D eigenvalue weighted by Gasteiger charge is 2.10. The molecule has 100 valence electrons. The molecular weight excluding hydrogens is 246 g/mol. The lowest BCUT2D eigenvalue weighted by molar-refractivity contribution is 1.14. The largest absolute Gasteiger partial charge is 0.338 e. The minimum Gasteiger partial charge on any atom is -0.338 e. The number of H-pyrrole nitrogens is 1. The van der Waals surface area contributed by atoms with Crippen molar-refractivity contribution in [3.05, 3.63) is 46.3 Å². The van der Waals surface area contributed by atoms with Gasteiger partial charge >= 0.3 is 0 Å². The third-order valence-electron chi connectivity index (χ3n) is 3.43. The van der Waals surface area contributed by atoms with Crippen LogP contribution in [-0.4, -0.2) is 15.0 Å². The van der Waals surface area contributed by atoms with Gasteiger partial charge in [-0.05, 0) is 32.4 Å². The van der Waals surface area contributed by atoms with Gasteiger partial charge in [0.15, 0.2) is 5.65 Å². The molecule has 3 rings (SSSR count). The van der Waals surface area contributed by atoms with Gasteiger partial charge in [0.1, 0.15) is 5.52 Å². The summed E-state index contributed by atoms with van der Waals surface area (Å²) in [4.78, 5) is 12.8. The number of hydrogen-bond acceptors (Lipinski definition) is 2. The first-order chi connectivity index (χ1) is 9.72. The fourth-order valence-corrected chi connectivity index (χ4v) is 2.37. The van der Waals surface area contributed by atoms with Crippen LogP contribution in [0.4, 0.5) is 0 Å². The Bertz CT molecular complexity index is 864. The molecule has 0 unspecified atom stereocenters. The molecule has 0 aliphatic heterocycles. The third kappa shape index (κ3) is 2.01. The highest BCUT2D eigenvalue weighted by atomic mass is 14.9. The van der Waals surface area contributed by atoms with Gasteiger partial charge in [-0.25, -0.2) is 9.97 Å². The first-order valence-corrected chi connectivity index (χ1v) is 6.75. The molecule has 0 radical (unpaired) electrons. The molecule has 0 spiro atoms. The summed E-state index contributed by atoms with van der Waals surface area (Å²) in [5, 5.41) is 1.87. The van der Waals surface area contributed by atoms with Gasteiger partial charge in [-0.2, -0.15) is 0 Å². The SMILES string of the molecule is C=Cc1[nH]c2nc3c(nc2c1/C=C\C)=CC=C(C)CC=3. The molecule has 0 bridgehead atoms. The van der Waals surface area contributed by atoms with Crippen LogP contribution in [-0.2, 0) is 0 Å². The number of aromatic nitrogens is 3. The molecule has 0 fully saturated rings. The van der Waals surface area contributed by atoms with Gasteiger partial charge in [0.25, 0.3) is 0 Å². The van der Waals surface area contributed by atoms with Crippen LogP contribution in [0.3, 0.4) is 0 Å². The predicted molar refractivity (Wildman–Crippen MR) is 85.2 cm³/mol. The predicted octanol–water partition coefficient (Wildman–Crippen LogP) is 2.55. The number of aromatic amines is 1. The van der Waals surface area contributed by atoms with Crippen LogP contribution in [0.25, 0.3) is 35.5 Å².